The summed E-state index contributed by atoms with van der Waals surface area (Å²) in [6, 6.07) is 8.33. The van der Waals surface area contributed by atoms with Gasteiger partial charge in [-0.05, 0) is 37.0 Å². The highest BCUT2D eigenvalue weighted by atomic mass is 32.2. The van der Waals surface area contributed by atoms with Crippen LogP contribution in [0.2, 0.25) is 0 Å². The van der Waals surface area contributed by atoms with Crippen LogP contribution in [0, 0.1) is 6.92 Å². The fraction of sp³-hybridized carbons (Fsp3) is 0.435. The number of methoxy groups -OCH3 is 1. The van der Waals surface area contributed by atoms with Gasteiger partial charge in [-0.15, -0.1) is 0 Å². The second-order valence-corrected chi connectivity index (χ2v) is 9.13. The third kappa shape index (κ3) is 6.69. The van der Waals surface area contributed by atoms with Gasteiger partial charge in [0.05, 0.1) is 18.8 Å². The standard InChI is InChI=1S/C23H31NO7S/c1-4-5-6-9-18-14-19(25)21(17-10-7-8-16(2)13-17)22(27)23(18)32(28,29)24-20(26)15-31-12-11-30-3/h7-8,10,13-14,25,27H,4-6,9,11-12,15H2,1-3H3,(H,24,26). The highest BCUT2D eigenvalue weighted by molar-refractivity contribution is 7.90. The second kappa shape index (κ2) is 11.8. The van der Waals surface area contributed by atoms with E-state index in [1.807, 2.05) is 24.6 Å². The fourth-order valence-corrected chi connectivity index (χ4v) is 4.69. The molecule has 0 bridgehead atoms. The maximum atomic E-state index is 13.1. The Kier molecular flexibility index (Phi) is 9.49. The van der Waals surface area contributed by atoms with Gasteiger partial charge in [-0.3, -0.25) is 4.79 Å². The molecule has 0 aliphatic carbocycles. The van der Waals surface area contributed by atoms with Crippen molar-refractivity contribution in [3.63, 3.8) is 0 Å². The monoisotopic (exact) mass is 465 g/mol. The zero-order chi connectivity index (χ0) is 23.7. The number of hydrogen-bond donors (Lipinski definition) is 3. The number of carbonyl (C=O) groups excluding carboxylic acids is 1. The molecule has 1 amide bonds. The van der Waals surface area contributed by atoms with Gasteiger partial charge in [0.2, 0.25) is 0 Å². The van der Waals surface area contributed by atoms with E-state index in [1.54, 1.807) is 18.2 Å². The van der Waals surface area contributed by atoms with E-state index < -0.39 is 33.2 Å². The number of amides is 1. The summed E-state index contributed by atoms with van der Waals surface area (Å²) in [5, 5.41) is 21.6. The molecule has 8 nitrogen and oxygen atoms in total. The minimum absolute atomic E-state index is 0.00268. The molecule has 0 spiro atoms. The quantitative estimate of drug-likeness (QED) is 0.411. The van der Waals surface area contributed by atoms with E-state index in [2.05, 4.69) is 0 Å². The number of aromatic hydroxyl groups is 2. The van der Waals surface area contributed by atoms with Gasteiger partial charge in [-0.2, -0.15) is 0 Å². The van der Waals surface area contributed by atoms with Gasteiger partial charge in [0.15, 0.2) is 0 Å². The molecule has 9 heteroatoms. The van der Waals surface area contributed by atoms with Crippen molar-refractivity contribution in [2.24, 2.45) is 0 Å². The zero-order valence-corrected chi connectivity index (χ0v) is 19.5. The molecule has 2 aromatic rings. The summed E-state index contributed by atoms with van der Waals surface area (Å²) < 4.78 is 38.1. The van der Waals surface area contributed by atoms with Crippen LogP contribution < -0.4 is 4.72 Å². The van der Waals surface area contributed by atoms with E-state index in [9.17, 15) is 23.4 Å². The van der Waals surface area contributed by atoms with Crippen molar-refractivity contribution in [1.29, 1.82) is 0 Å². The van der Waals surface area contributed by atoms with E-state index in [0.29, 0.717) is 18.4 Å². The summed E-state index contributed by atoms with van der Waals surface area (Å²) in [6.07, 6.45) is 2.74. The average molecular weight is 466 g/mol. The lowest BCUT2D eigenvalue weighted by Gasteiger charge is -2.18. The second-order valence-electron chi connectivity index (χ2n) is 7.51. The Bertz CT molecular complexity index is 1030. The van der Waals surface area contributed by atoms with Gasteiger partial charge in [0.25, 0.3) is 15.9 Å². The summed E-state index contributed by atoms with van der Waals surface area (Å²) in [4.78, 5) is 11.7. The number of carbonyl (C=O) groups is 1. The lowest BCUT2D eigenvalue weighted by molar-refractivity contribution is -0.124. The minimum atomic E-state index is -4.43. The zero-order valence-electron chi connectivity index (χ0n) is 18.7. The van der Waals surface area contributed by atoms with Gasteiger partial charge in [-0.1, -0.05) is 49.6 Å². The van der Waals surface area contributed by atoms with Gasteiger partial charge in [0.1, 0.15) is 23.0 Å². The first-order valence-electron chi connectivity index (χ1n) is 10.5. The van der Waals surface area contributed by atoms with Crippen molar-refractivity contribution < 1.29 is 32.9 Å². The van der Waals surface area contributed by atoms with E-state index in [-0.39, 0.29) is 30.1 Å². The molecule has 0 saturated carbocycles. The molecule has 0 radical (unpaired) electrons. The van der Waals surface area contributed by atoms with Crippen LogP contribution in [0.25, 0.3) is 11.1 Å². The number of phenols is 2. The van der Waals surface area contributed by atoms with E-state index in [0.717, 1.165) is 18.4 Å². The number of rotatable bonds is 12. The molecule has 2 aromatic carbocycles. The number of phenolic OH excluding ortho intramolecular Hbond substituents is 2. The number of benzene rings is 2. The molecule has 32 heavy (non-hydrogen) atoms. The first-order chi connectivity index (χ1) is 15.2. The first-order valence-corrected chi connectivity index (χ1v) is 12.0. The molecule has 2 rings (SSSR count). The van der Waals surface area contributed by atoms with E-state index in [1.165, 1.54) is 13.2 Å². The summed E-state index contributed by atoms with van der Waals surface area (Å²) in [7, 11) is -2.95. The molecule has 0 saturated heterocycles. The molecule has 3 N–H and O–H groups in total. The van der Waals surface area contributed by atoms with Gasteiger partial charge < -0.3 is 19.7 Å². The van der Waals surface area contributed by atoms with Gasteiger partial charge in [0, 0.05) is 7.11 Å². The minimum Gasteiger partial charge on any atom is -0.507 e. The number of hydrogen-bond acceptors (Lipinski definition) is 7. The highest BCUT2D eigenvalue weighted by Gasteiger charge is 2.29. The topological polar surface area (TPSA) is 122 Å². The average Bonchev–Trinajstić information content (AvgIpc) is 2.70. The van der Waals surface area contributed by atoms with Crippen LogP contribution in [0.5, 0.6) is 11.5 Å². The van der Waals surface area contributed by atoms with Crippen LogP contribution in [0.15, 0.2) is 35.2 Å². The molecule has 0 aliphatic heterocycles. The van der Waals surface area contributed by atoms with Crippen LogP contribution in [0.4, 0.5) is 0 Å². The van der Waals surface area contributed by atoms with Gasteiger partial charge in [-0.25, -0.2) is 13.1 Å². The third-order valence-corrected chi connectivity index (χ3v) is 6.34. The number of aryl methyl sites for hydroxylation is 2. The van der Waals surface area contributed by atoms with E-state index in [4.69, 9.17) is 9.47 Å². The van der Waals surface area contributed by atoms with Crippen molar-refractivity contribution in [3.8, 4) is 22.6 Å². The Labute approximate surface area is 189 Å². The Hall–Kier alpha value is -2.62. The summed E-state index contributed by atoms with van der Waals surface area (Å²) in [5.41, 5.74) is 1.58. The summed E-state index contributed by atoms with van der Waals surface area (Å²) >= 11 is 0. The molecule has 0 unspecified atom stereocenters. The lowest BCUT2D eigenvalue weighted by Crippen LogP contribution is -2.34. The van der Waals surface area contributed by atoms with Crippen molar-refractivity contribution in [3.05, 3.63) is 41.5 Å². The van der Waals surface area contributed by atoms with Crippen molar-refractivity contribution in [2.75, 3.05) is 26.9 Å². The highest BCUT2D eigenvalue weighted by Crippen LogP contribution is 2.44. The van der Waals surface area contributed by atoms with Crippen molar-refractivity contribution in [2.45, 2.75) is 44.4 Å². The maximum Gasteiger partial charge on any atom is 0.268 e. The van der Waals surface area contributed by atoms with Crippen LogP contribution in [-0.4, -0.2) is 51.5 Å². The number of unbranched alkanes of at least 4 members (excludes halogenated alkanes) is 2. The molecule has 0 fully saturated rings. The van der Waals surface area contributed by atoms with Crippen LogP contribution >= 0.6 is 0 Å². The van der Waals surface area contributed by atoms with Crippen molar-refractivity contribution >= 4 is 15.9 Å². The molecule has 0 aliphatic rings. The SMILES string of the molecule is CCCCCc1cc(O)c(-c2cccc(C)c2)c(O)c1S(=O)(=O)NC(=O)COCCOC. The smallest absolute Gasteiger partial charge is 0.268 e. The predicted octanol–water partition coefficient (Wildman–Crippen LogP) is 3.27. The van der Waals surface area contributed by atoms with Crippen LogP contribution in [-0.2, 0) is 30.7 Å². The number of ether oxygens (including phenoxy) is 2. The van der Waals surface area contributed by atoms with Crippen LogP contribution in [0.1, 0.15) is 37.3 Å². The van der Waals surface area contributed by atoms with Crippen molar-refractivity contribution in [1.82, 2.24) is 4.72 Å². The Morgan fingerprint density at radius 2 is 1.88 bits per heavy atom. The summed E-state index contributed by atoms with van der Waals surface area (Å²) in [6.45, 7) is 3.78. The molecular weight excluding hydrogens is 434 g/mol. The largest absolute Gasteiger partial charge is 0.507 e. The molecule has 0 heterocycles. The maximum absolute atomic E-state index is 13.1. The lowest BCUT2D eigenvalue weighted by atomic mass is 9.97. The van der Waals surface area contributed by atoms with Crippen LogP contribution in [0.3, 0.4) is 0 Å². The molecular formula is C23H31NO7S. The Balaban J connectivity index is 2.49. The first kappa shape index (κ1) is 25.6. The normalized spacial score (nSPS) is 11.5. The number of sulfonamides is 1. The Morgan fingerprint density at radius 1 is 1.12 bits per heavy atom. The molecule has 0 atom stereocenters. The van der Waals surface area contributed by atoms with Gasteiger partial charge >= 0.3 is 0 Å². The summed E-state index contributed by atoms with van der Waals surface area (Å²) in [5.74, 6) is -1.69. The predicted molar refractivity (Wildman–Crippen MR) is 121 cm³/mol. The van der Waals surface area contributed by atoms with E-state index >= 15 is 0 Å². The Morgan fingerprint density at radius 3 is 2.53 bits per heavy atom. The number of nitrogens with one attached hydrogen (secondary N) is 1. The third-order valence-electron chi connectivity index (χ3n) is 4.85. The molecule has 0 aromatic heterocycles. The fourth-order valence-electron chi connectivity index (χ4n) is 3.36. The molecule has 176 valence electrons.